The summed E-state index contributed by atoms with van der Waals surface area (Å²) in [6, 6.07) is 4.11. The van der Waals surface area contributed by atoms with E-state index in [4.69, 9.17) is 5.73 Å². The summed E-state index contributed by atoms with van der Waals surface area (Å²) < 4.78 is 18.3. The van der Waals surface area contributed by atoms with Crippen LogP contribution in [-0.4, -0.2) is 21.3 Å². The van der Waals surface area contributed by atoms with Gasteiger partial charge in [0.25, 0.3) is 0 Å². The summed E-state index contributed by atoms with van der Waals surface area (Å²) >= 11 is 1.21. The molecular formula is C15H15FN6OS. The van der Waals surface area contributed by atoms with Crippen molar-refractivity contribution in [2.24, 2.45) is 11.7 Å². The average Bonchev–Trinajstić information content (AvgIpc) is 3.29. The number of aryl methyl sites for hydroxylation is 1. The van der Waals surface area contributed by atoms with E-state index in [0.717, 1.165) is 24.6 Å². The summed E-state index contributed by atoms with van der Waals surface area (Å²) in [5.41, 5.74) is 6.25. The largest absolute Gasteiger partial charge is 0.368 e. The number of nitrogens with zero attached hydrogens (tertiary/aromatic N) is 3. The van der Waals surface area contributed by atoms with Crippen molar-refractivity contribution < 1.29 is 9.18 Å². The maximum Gasteiger partial charge on any atom is 0.240 e. The minimum Gasteiger partial charge on any atom is -0.368 e. The number of pyridine rings is 1. The number of nitrogens with two attached hydrogens (primary N) is 1. The molecule has 124 valence electrons. The Hall–Kier alpha value is -2.73. The van der Waals surface area contributed by atoms with Crippen molar-refractivity contribution in [3.05, 3.63) is 29.2 Å². The minimum absolute atomic E-state index is 0.0613. The molecule has 0 unspecified atom stereocenters. The van der Waals surface area contributed by atoms with Gasteiger partial charge in [0.1, 0.15) is 17.1 Å². The fourth-order valence-electron chi connectivity index (χ4n) is 2.31. The fraction of sp³-hybridized carbons (Fsp3) is 0.333. The van der Waals surface area contributed by atoms with E-state index < -0.39 is 17.8 Å². The number of primary amides is 1. The Morgan fingerprint density at radius 1 is 1.50 bits per heavy atom. The molecule has 0 aliphatic heterocycles. The number of rotatable bonds is 6. The minimum atomic E-state index is -0.704. The molecule has 9 heteroatoms. The molecule has 7 nitrogen and oxygen atoms in total. The monoisotopic (exact) mass is 346 g/mol. The van der Waals surface area contributed by atoms with E-state index >= 15 is 0 Å². The zero-order chi connectivity index (χ0) is 17.3. The molecule has 1 fully saturated rings. The van der Waals surface area contributed by atoms with Gasteiger partial charge in [0, 0.05) is 0 Å². The summed E-state index contributed by atoms with van der Waals surface area (Å²) in [7, 11) is 0. The second kappa shape index (κ2) is 6.41. The maximum atomic E-state index is 14.2. The van der Waals surface area contributed by atoms with E-state index in [1.807, 2.05) is 13.0 Å². The number of amides is 1. The number of aromatic nitrogens is 2. The fourth-order valence-corrected chi connectivity index (χ4v) is 2.97. The number of nitrogens with one attached hydrogen (secondary N) is 2. The van der Waals surface area contributed by atoms with Crippen molar-refractivity contribution >= 4 is 34.1 Å². The van der Waals surface area contributed by atoms with Crippen LogP contribution in [0.2, 0.25) is 0 Å². The number of nitriles is 1. The Morgan fingerprint density at radius 3 is 2.79 bits per heavy atom. The summed E-state index contributed by atoms with van der Waals surface area (Å²) in [6.07, 6.45) is 1.73. The van der Waals surface area contributed by atoms with Crippen molar-refractivity contribution in [2.45, 2.75) is 25.8 Å². The summed E-state index contributed by atoms with van der Waals surface area (Å²) in [6.45, 7) is 1.84. The molecule has 2 aromatic heterocycles. The number of halogens is 1. The van der Waals surface area contributed by atoms with E-state index in [9.17, 15) is 14.4 Å². The SMILES string of the molecule is Cc1cc(Nc2nc(N[C@@H](C(N)=O)C3CC3)c(F)cc2C#N)sn1. The molecule has 3 rings (SSSR count). The molecule has 4 N–H and O–H groups in total. The van der Waals surface area contributed by atoms with Gasteiger partial charge in [-0.2, -0.15) is 9.64 Å². The molecular weight excluding hydrogens is 331 g/mol. The first-order valence-corrected chi connectivity index (χ1v) is 8.12. The van der Waals surface area contributed by atoms with Gasteiger partial charge in [0.2, 0.25) is 5.91 Å². The zero-order valence-electron chi connectivity index (χ0n) is 12.8. The van der Waals surface area contributed by atoms with Crippen LogP contribution < -0.4 is 16.4 Å². The number of anilines is 3. The Bertz CT molecular complexity index is 826. The zero-order valence-corrected chi connectivity index (χ0v) is 13.7. The van der Waals surface area contributed by atoms with Gasteiger partial charge in [-0.25, -0.2) is 9.37 Å². The van der Waals surface area contributed by atoms with Crippen LogP contribution in [0.3, 0.4) is 0 Å². The second-order valence-electron chi connectivity index (χ2n) is 5.65. The van der Waals surface area contributed by atoms with E-state index in [1.54, 1.807) is 6.07 Å². The van der Waals surface area contributed by atoms with Crippen LogP contribution in [0, 0.1) is 30.0 Å². The lowest BCUT2D eigenvalue weighted by atomic mass is 10.1. The molecule has 1 aliphatic rings. The Balaban J connectivity index is 1.90. The molecule has 0 saturated heterocycles. The first kappa shape index (κ1) is 16.1. The molecule has 1 amide bonds. The summed E-state index contributed by atoms with van der Waals surface area (Å²) in [4.78, 5) is 15.7. The van der Waals surface area contributed by atoms with Gasteiger partial charge in [0.05, 0.1) is 11.3 Å². The van der Waals surface area contributed by atoms with Crippen LogP contribution in [0.4, 0.5) is 21.0 Å². The van der Waals surface area contributed by atoms with Crippen molar-refractivity contribution in [3.63, 3.8) is 0 Å². The molecule has 0 bridgehead atoms. The Labute approximate surface area is 141 Å². The highest BCUT2D eigenvalue weighted by molar-refractivity contribution is 7.10. The summed E-state index contributed by atoms with van der Waals surface area (Å²) in [5.74, 6) is -1.06. The highest BCUT2D eigenvalue weighted by Crippen LogP contribution is 2.35. The van der Waals surface area contributed by atoms with Crippen molar-refractivity contribution in [3.8, 4) is 6.07 Å². The highest BCUT2D eigenvalue weighted by atomic mass is 32.1. The van der Waals surface area contributed by atoms with Gasteiger partial charge >= 0.3 is 0 Å². The quantitative estimate of drug-likeness (QED) is 0.739. The number of hydrogen-bond donors (Lipinski definition) is 3. The van der Waals surface area contributed by atoms with E-state index in [2.05, 4.69) is 20.0 Å². The standard InChI is InChI=1S/C15H15FN6OS/c1-7-4-11(24-22-7)19-14-9(6-17)5-10(16)15(21-14)20-12(13(18)23)8-2-3-8/h4-5,8,12H,2-3H2,1H3,(H2,18,23)(H2,19,20,21)/t12-/m1/s1. The van der Waals surface area contributed by atoms with Crippen LogP contribution in [0.5, 0.6) is 0 Å². The predicted molar refractivity (Wildman–Crippen MR) is 88.4 cm³/mol. The van der Waals surface area contributed by atoms with Crippen LogP contribution in [0.1, 0.15) is 24.1 Å². The van der Waals surface area contributed by atoms with Gasteiger partial charge in [-0.15, -0.1) is 0 Å². The first-order chi connectivity index (χ1) is 11.5. The molecule has 2 heterocycles. The predicted octanol–water partition coefficient (Wildman–Crippen LogP) is 2.28. The van der Waals surface area contributed by atoms with Crippen LogP contribution in [0.15, 0.2) is 12.1 Å². The molecule has 1 saturated carbocycles. The van der Waals surface area contributed by atoms with Gasteiger partial charge in [-0.1, -0.05) is 0 Å². The number of carbonyl (C=O) groups is 1. The van der Waals surface area contributed by atoms with Gasteiger partial charge in [-0.3, -0.25) is 4.79 Å². The highest BCUT2D eigenvalue weighted by Gasteiger charge is 2.35. The number of hydrogen-bond acceptors (Lipinski definition) is 7. The second-order valence-corrected chi connectivity index (χ2v) is 6.45. The third-order valence-electron chi connectivity index (χ3n) is 3.66. The van der Waals surface area contributed by atoms with Crippen LogP contribution in [-0.2, 0) is 4.79 Å². The first-order valence-electron chi connectivity index (χ1n) is 7.34. The van der Waals surface area contributed by atoms with E-state index in [0.29, 0.717) is 5.00 Å². The number of carbonyl (C=O) groups excluding carboxylic acids is 1. The lowest BCUT2D eigenvalue weighted by molar-refractivity contribution is -0.119. The average molecular weight is 346 g/mol. The molecule has 1 aliphatic carbocycles. The Morgan fingerprint density at radius 2 is 2.25 bits per heavy atom. The molecule has 0 spiro atoms. The van der Waals surface area contributed by atoms with E-state index in [-0.39, 0.29) is 23.1 Å². The van der Waals surface area contributed by atoms with Gasteiger partial charge < -0.3 is 16.4 Å². The lowest BCUT2D eigenvalue weighted by Gasteiger charge is -2.17. The molecule has 0 aromatic carbocycles. The maximum absolute atomic E-state index is 14.2. The molecule has 0 radical (unpaired) electrons. The molecule has 1 atom stereocenters. The van der Waals surface area contributed by atoms with Gasteiger partial charge in [-0.05, 0) is 49.3 Å². The van der Waals surface area contributed by atoms with E-state index in [1.165, 1.54) is 11.5 Å². The Kier molecular flexibility index (Phi) is 4.31. The lowest BCUT2D eigenvalue weighted by Crippen LogP contribution is -2.37. The third kappa shape index (κ3) is 3.44. The van der Waals surface area contributed by atoms with Crippen LogP contribution in [0.25, 0.3) is 0 Å². The molecule has 24 heavy (non-hydrogen) atoms. The smallest absolute Gasteiger partial charge is 0.240 e. The van der Waals surface area contributed by atoms with Crippen LogP contribution >= 0.6 is 11.5 Å². The summed E-state index contributed by atoms with van der Waals surface area (Å²) in [5, 5.41) is 15.6. The normalized spacial score (nSPS) is 14.7. The third-order valence-corrected chi connectivity index (χ3v) is 4.45. The van der Waals surface area contributed by atoms with Crippen molar-refractivity contribution in [1.29, 1.82) is 5.26 Å². The topological polar surface area (TPSA) is 117 Å². The molecule has 2 aromatic rings. The van der Waals surface area contributed by atoms with Gasteiger partial charge in [0.15, 0.2) is 17.5 Å². The van der Waals surface area contributed by atoms with Crippen molar-refractivity contribution in [1.82, 2.24) is 9.36 Å². The van der Waals surface area contributed by atoms with Crippen molar-refractivity contribution in [2.75, 3.05) is 10.6 Å².